The predicted octanol–water partition coefficient (Wildman–Crippen LogP) is 2.64. The Labute approximate surface area is 105 Å². The number of aromatic nitrogens is 3. The molecule has 0 spiro atoms. The largest absolute Gasteiger partial charge is 0.481 e. The van der Waals surface area contributed by atoms with Crippen molar-refractivity contribution in [3.05, 3.63) is 42.9 Å². The van der Waals surface area contributed by atoms with Gasteiger partial charge in [0.25, 0.3) is 0 Å². The summed E-state index contributed by atoms with van der Waals surface area (Å²) in [5.74, 6) is 0.744. The van der Waals surface area contributed by atoms with Gasteiger partial charge < -0.3 is 4.74 Å². The third-order valence-corrected chi connectivity index (χ3v) is 3.04. The van der Waals surface area contributed by atoms with Crippen LogP contribution in [0.25, 0.3) is 21.9 Å². The number of methoxy groups -OCH3 is 1. The Hall–Kier alpha value is -2.36. The molecule has 0 saturated carbocycles. The van der Waals surface area contributed by atoms with E-state index < -0.39 is 0 Å². The van der Waals surface area contributed by atoms with Crippen LogP contribution in [-0.4, -0.2) is 21.9 Å². The number of benzene rings is 1. The fourth-order valence-electron chi connectivity index (χ4n) is 2.18. The predicted molar refractivity (Wildman–Crippen MR) is 70.5 cm³/mol. The van der Waals surface area contributed by atoms with E-state index in [1.165, 1.54) is 0 Å². The van der Waals surface area contributed by atoms with Gasteiger partial charge >= 0.3 is 0 Å². The molecule has 0 aliphatic carbocycles. The highest BCUT2D eigenvalue weighted by atomic mass is 16.5. The molecule has 3 aromatic rings. The fourth-order valence-corrected chi connectivity index (χ4v) is 2.18. The lowest BCUT2D eigenvalue weighted by atomic mass is 10.0. The van der Waals surface area contributed by atoms with Gasteiger partial charge in [-0.15, -0.1) is 0 Å². The van der Waals surface area contributed by atoms with Gasteiger partial charge in [-0.25, -0.2) is 4.68 Å². The van der Waals surface area contributed by atoms with Gasteiger partial charge in [-0.1, -0.05) is 24.3 Å². The first-order valence-electron chi connectivity index (χ1n) is 5.70. The molecule has 90 valence electrons. The maximum absolute atomic E-state index is 5.39. The summed E-state index contributed by atoms with van der Waals surface area (Å²) >= 11 is 0. The number of rotatable bonds is 2. The Morgan fingerprint density at radius 3 is 2.72 bits per heavy atom. The van der Waals surface area contributed by atoms with Crippen molar-refractivity contribution in [2.75, 3.05) is 7.11 Å². The van der Waals surface area contributed by atoms with Crippen molar-refractivity contribution in [1.82, 2.24) is 14.8 Å². The van der Waals surface area contributed by atoms with Gasteiger partial charge in [0.1, 0.15) is 0 Å². The van der Waals surface area contributed by atoms with Crippen molar-refractivity contribution < 1.29 is 4.74 Å². The van der Waals surface area contributed by atoms with Crippen molar-refractivity contribution in [2.45, 2.75) is 0 Å². The molecular formula is C14H13N3O. The quantitative estimate of drug-likeness (QED) is 0.690. The summed E-state index contributed by atoms with van der Waals surface area (Å²) in [6.45, 7) is 0. The van der Waals surface area contributed by atoms with E-state index in [4.69, 9.17) is 4.74 Å². The topological polar surface area (TPSA) is 39.9 Å². The molecule has 4 heteroatoms. The SMILES string of the molecule is COc1c(-c2cncc3ccccc23)cnn1C. The standard InChI is InChI=1S/C14H13N3O/c1-17-14(18-2)13(9-16-17)12-8-15-7-10-5-3-4-6-11(10)12/h3-9H,1-2H3. The third kappa shape index (κ3) is 1.54. The van der Waals surface area contributed by atoms with E-state index in [1.54, 1.807) is 11.8 Å². The molecule has 0 unspecified atom stereocenters. The van der Waals surface area contributed by atoms with Crippen LogP contribution >= 0.6 is 0 Å². The second kappa shape index (κ2) is 4.14. The number of nitrogens with zero attached hydrogens (tertiary/aromatic N) is 3. The minimum Gasteiger partial charge on any atom is -0.481 e. The smallest absolute Gasteiger partial charge is 0.219 e. The average molecular weight is 239 g/mol. The highest BCUT2D eigenvalue weighted by molar-refractivity contribution is 5.96. The maximum atomic E-state index is 5.39. The number of aryl methyl sites for hydroxylation is 1. The van der Waals surface area contributed by atoms with Crippen molar-refractivity contribution >= 4 is 10.8 Å². The van der Waals surface area contributed by atoms with Crippen molar-refractivity contribution in [1.29, 1.82) is 0 Å². The summed E-state index contributed by atoms with van der Waals surface area (Å²) in [6, 6.07) is 8.16. The molecule has 0 atom stereocenters. The Balaban J connectivity index is 2.31. The molecule has 0 N–H and O–H groups in total. The normalized spacial score (nSPS) is 10.8. The van der Waals surface area contributed by atoms with Gasteiger partial charge in [0.05, 0.1) is 18.9 Å². The second-order valence-electron chi connectivity index (χ2n) is 4.10. The Morgan fingerprint density at radius 2 is 1.89 bits per heavy atom. The zero-order chi connectivity index (χ0) is 12.5. The molecule has 0 saturated heterocycles. The van der Waals surface area contributed by atoms with Crippen molar-refractivity contribution in [3.8, 4) is 17.0 Å². The first-order valence-corrected chi connectivity index (χ1v) is 5.70. The monoisotopic (exact) mass is 239 g/mol. The van der Waals surface area contributed by atoms with E-state index in [1.807, 2.05) is 37.8 Å². The average Bonchev–Trinajstić information content (AvgIpc) is 2.79. The lowest BCUT2D eigenvalue weighted by Gasteiger charge is -2.07. The molecule has 3 rings (SSSR count). The summed E-state index contributed by atoms with van der Waals surface area (Å²) in [6.07, 6.45) is 5.52. The number of fused-ring (bicyclic) bond motifs is 1. The van der Waals surface area contributed by atoms with Crippen LogP contribution in [0.1, 0.15) is 0 Å². The van der Waals surface area contributed by atoms with Crippen LogP contribution in [-0.2, 0) is 7.05 Å². The minimum atomic E-state index is 0.744. The third-order valence-electron chi connectivity index (χ3n) is 3.04. The minimum absolute atomic E-state index is 0.744. The fraction of sp³-hybridized carbons (Fsp3) is 0.143. The van der Waals surface area contributed by atoms with Gasteiger partial charge in [-0.05, 0) is 5.39 Å². The van der Waals surface area contributed by atoms with Crippen LogP contribution < -0.4 is 4.74 Å². The van der Waals surface area contributed by atoms with E-state index in [-0.39, 0.29) is 0 Å². The number of pyridine rings is 1. The number of hydrogen-bond donors (Lipinski definition) is 0. The van der Waals surface area contributed by atoms with Crippen LogP contribution in [0.2, 0.25) is 0 Å². The molecule has 2 heterocycles. The van der Waals surface area contributed by atoms with E-state index >= 15 is 0 Å². The first-order chi connectivity index (χ1) is 8.81. The van der Waals surface area contributed by atoms with Gasteiger partial charge in [0, 0.05) is 30.4 Å². The molecule has 1 aromatic carbocycles. The molecule has 0 aliphatic rings. The summed E-state index contributed by atoms with van der Waals surface area (Å²) in [4.78, 5) is 4.28. The highest BCUT2D eigenvalue weighted by Crippen LogP contribution is 2.33. The van der Waals surface area contributed by atoms with E-state index in [2.05, 4.69) is 22.2 Å². The Morgan fingerprint density at radius 1 is 1.06 bits per heavy atom. The van der Waals surface area contributed by atoms with Crippen molar-refractivity contribution in [2.24, 2.45) is 7.05 Å². The molecule has 0 radical (unpaired) electrons. The zero-order valence-electron chi connectivity index (χ0n) is 10.3. The molecule has 2 aromatic heterocycles. The first kappa shape index (κ1) is 10.8. The van der Waals surface area contributed by atoms with Gasteiger partial charge in [-0.3, -0.25) is 4.98 Å². The second-order valence-corrected chi connectivity index (χ2v) is 4.10. The lowest BCUT2D eigenvalue weighted by molar-refractivity contribution is 0.375. The van der Waals surface area contributed by atoms with Gasteiger partial charge in [-0.2, -0.15) is 5.10 Å². The van der Waals surface area contributed by atoms with Crippen LogP contribution in [0.4, 0.5) is 0 Å². The highest BCUT2D eigenvalue weighted by Gasteiger charge is 2.13. The summed E-state index contributed by atoms with van der Waals surface area (Å²) < 4.78 is 7.11. The number of ether oxygens (including phenoxy) is 1. The molecule has 0 fully saturated rings. The van der Waals surface area contributed by atoms with Crippen LogP contribution in [0.15, 0.2) is 42.9 Å². The molecule has 18 heavy (non-hydrogen) atoms. The zero-order valence-corrected chi connectivity index (χ0v) is 10.3. The van der Waals surface area contributed by atoms with Gasteiger partial charge in [0.15, 0.2) is 0 Å². The van der Waals surface area contributed by atoms with E-state index in [0.717, 1.165) is 27.8 Å². The van der Waals surface area contributed by atoms with E-state index in [0.29, 0.717) is 0 Å². The van der Waals surface area contributed by atoms with Gasteiger partial charge in [0.2, 0.25) is 5.88 Å². The lowest BCUT2D eigenvalue weighted by Crippen LogP contribution is -1.95. The molecule has 0 amide bonds. The van der Waals surface area contributed by atoms with E-state index in [9.17, 15) is 0 Å². The Bertz CT molecular complexity index is 698. The molecule has 0 bridgehead atoms. The van der Waals surface area contributed by atoms with Crippen LogP contribution in [0, 0.1) is 0 Å². The summed E-state index contributed by atoms with van der Waals surface area (Å²) in [5, 5.41) is 6.50. The van der Waals surface area contributed by atoms with Crippen LogP contribution in [0.5, 0.6) is 5.88 Å². The molecule has 4 nitrogen and oxygen atoms in total. The van der Waals surface area contributed by atoms with Crippen molar-refractivity contribution in [3.63, 3.8) is 0 Å². The Kier molecular flexibility index (Phi) is 2.48. The summed E-state index contributed by atoms with van der Waals surface area (Å²) in [5.41, 5.74) is 2.00. The molecular weight excluding hydrogens is 226 g/mol. The maximum Gasteiger partial charge on any atom is 0.219 e. The number of hydrogen-bond acceptors (Lipinski definition) is 3. The molecule has 0 aliphatic heterocycles. The summed E-state index contributed by atoms with van der Waals surface area (Å²) in [7, 11) is 3.51. The van der Waals surface area contributed by atoms with Crippen LogP contribution in [0.3, 0.4) is 0 Å².